The number of fused-ring (bicyclic) bond motifs is 1. The second kappa shape index (κ2) is 7.46. The summed E-state index contributed by atoms with van der Waals surface area (Å²) >= 11 is 5.78. The van der Waals surface area contributed by atoms with Crippen molar-refractivity contribution in [3.8, 4) is 0 Å². The molecule has 0 bridgehead atoms. The van der Waals surface area contributed by atoms with Gasteiger partial charge in [0.1, 0.15) is 11.9 Å². The minimum absolute atomic E-state index is 0.0622. The number of nitrogens with one attached hydrogen (secondary N) is 1. The molecule has 4 nitrogen and oxygen atoms in total. The van der Waals surface area contributed by atoms with E-state index < -0.39 is 11.9 Å². The van der Waals surface area contributed by atoms with Gasteiger partial charge in [-0.2, -0.15) is 0 Å². The summed E-state index contributed by atoms with van der Waals surface area (Å²) in [5, 5.41) is 2.69. The number of nitrogens with zero attached hydrogens (tertiary/aromatic N) is 1. The van der Waals surface area contributed by atoms with Crippen LogP contribution in [-0.2, 0) is 11.3 Å². The highest BCUT2D eigenvalue weighted by Crippen LogP contribution is 2.28. The van der Waals surface area contributed by atoms with Gasteiger partial charge in [-0.3, -0.25) is 9.59 Å². The van der Waals surface area contributed by atoms with Crippen LogP contribution >= 0.6 is 11.6 Å². The lowest BCUT2D eigenvalue weighted by atomic mass is 10.0. The summed E-state index contributed by atoms with van der Waals surface area (Å²) in [5.41, 5.74) is 1.96. The SMILES string of the molecule is CC(C)CC(C(=O)Nc1ccc(F)c(Cl)c1)N1Cc2ccccc2C1=O. The van der Waals surface area contributed by atoms with Crippen molar-refractivity contribution >= 4 is 29.1 Å². The summed E-state index contributed by atoms with van der Waals surface area (Å²) < 4.78 is 13.3. The molecule has 0 fully saturated rings. The fourth-order valence-corrected chi connectivity index (χ4v) is 3.33. The molecule has 1 heterocycles. The maximum absolute atomic E-state index is 13.3. The van der Waals surface area contributed by atoms with E-state index in [1.54, 1.807) is 11.0 Å². The van der Waals surface area contributed by atoms with Crippen LogP contribution in [0.25, 0.3) is 0 Å². The summed E-state index contributed by atoms with van der Waals surface area (Å²) in [6.07, 6.45) is 0.528. The Morgan fingerprint density at radius 1 is 1.27 bits per heavy atom. The average Bonchev–Trinajstić information content (AvgIpc) is 2.93. The molecule has 1 unspecified atom stereocenters. The molecule has 0 radical (unpaired) electrons. The Labute approximate surface area is 157 Å². The number of hydrogen-bond donors (Lipinski definition) is 1. The number of carbonyl (C=O) groups is 2. The minimum atomic E-state index is -0.612. The zero-order chi connectivity index (χ0) is 18.8. The van der Waals surface area contributed by atoms with Gasteiger partial charge in [-0.1, -0.05) is 43.6 Å². The zero-order valence-corrected chi connectivity index (χ0v) is 15.4. The molecule has 1 N–H and O–H groups in total. The van der Waals surface area contributed by atoms with Gasteiger partial charge >= 0.3 is 0 Å². The number of benzene rings is 2. The number of amides is 2. The third-order valence-corrected chi connectivity index (χ3v) is 4.70. The number of halogens is 2. The van der Waals surface area contributed by atoms with Gasteiger partial charge in [-0.05, 0) is 42.2 Å². The molecule has 0 saturated carbocycles. The fraction of sp³-hybridized carbons (Fsp3) is 0.300. The standard InChI is InChI=1S/C20H20ClFN2O2/c1-12(2)9-18(19(25)23-14-7-8-17(22)16(21)10-14)24-11-13-5-3-4-6-15(13)20(24)26/h3-8,10,12,18H,9,11H2,1-2H3,(H,23,25). The molecule has 2 aromatic carbocycles. The first-order chi connectivity index (χ1) is 12.4. The van der Waals surface area contributed by atoms with Crippen LogP contribution < -0.4 is 5.32 Å². The van der Waals surface area contributed by atoms with Crippen LogP contribution in [0.3, 0.4) is 0 Å². The van der Waals surface area contributed by atoms with Crippen molar-refractivity contribution in [1.82, 2.24) is 4.90 Å². The van der Waals surface area contributed by atoms with Gasteiger partial charge in [-0.25, -0.2) is 4.39 Å². The quantitative estimate of drug-likeness (QED) is 0.838. The lowest BCUT2D eigenvalue weighted by Gasteiger charge is -2.28. The zero-order valence-electron chi connectivity index (χ0n) is 14.6. The Balaban J connectivity index is 1.83. The van der Waals surface area contributed by atoms with Crippen molar-refractivity contribution in [1.29, 1.82) is 0 Å². The van der Waals surface area contributed by atoms with Gasteiger partial charge in [0, 0.05) is 17.8 Å². The molecule has 0 aromatic heterocycles. The summed E-state index contributed by atoms with van der Waals surface area (Å²) in [5.74, 6) is -0.770. The molecule has 0 saturated heterocycles. The molecule has 2 aromatic rings. The van der Waals surface area contributed by atoms with E-state index in [9.17, 15) is 14.0 Å². The van der Waals surface area contributed by atoms with Crippen molar-refractivity contribution in [2.75, 3.05) is 5.32 Å². The topological polar surface area (TPSA) is 49.4 Å². The van der Waals surface area contributed by atoms with E-state index in [1.165, 1.54) is 18.2 Å². The molecular weight excluding hydrogens is 355 g/mol. The highest BCUT2D eigenvalue weighted by Gasteiger charge is 2.36. The van der Waals surface area contributed by atoms with Crippen LogP contribution in [0.4, 0.5) is 10.1 Å². The Morgan fingerprint density at radius 2 is 2.00 bits per heavy atom. The Morgan fingerprint density at radius 3 is 2.65 bits per heavy atom. The molecule has 3 rings (SSSR count). The largest absolute Gasteiger partial charge is 0.324 e. The lowest BCUT2D eigenvalue weighted by Crippen LogP contribution is -2.45. The van der Waals surface area contributed by atoms with E-state index in [1.807, 2.05) is 32.0 Å². The Bertz CT molecular complexity index is 853. The summed E-state index contributed by atoms with van der Waals surface area (Å²) in [6.45, 7) is 4.41. The predicted molar refractivity (Wildman–Crippen MR) is 99.6 cm³/mol. The summed E-state index contributed by atoms with van der Waals surface area (Å²) in [6, 6.07) is 10.8. The van der Waals surface area contributed by atoms with Crippen LogP contribution in [0.15, 0.2) is 42.5 Å². The van der Waals surface area contributed by atoms with Gasteiger partial charge in [0.2, 0.25) is 5.91 Å². The number of carbonyl (C=O) groups excluding carboxylic acids is 2. The Kier molecular flexibility index (Phi) is 5.28. The van der Waals surface area contributed by atoms with Crippen LogP contribution in [-0.4, -0.2) is 22.8 Å². The van der Waals surface area contributed by atoms with E-state index >= 15 is 0 Å². The van der Waals surface area contributed by atoms with Gasteiger partial charge in [-0.15, -0.1) is 0 Å². The molecule has 0 aliphatic carbocycles. The maximum Gasteiger partial charge on any atom is 0.255 e. The molecule has 0 spiro atoms. The van der Waals surface area contributed by atoms with Crippen LogP contribution in [0, 0.1) is 11.7 Å². The first-order valence-corrected chi connectivity index (χ1v) is 8.89. The summed E-state index contributed by atoms with van der Waals surface area (Å²) in [4.78, 5) is 27.2. The summed E-state index contributed by atoms with van der Waals surface area (Å²) in [7, 11) is 0. The molecule has 1 atom stereocenters. The monoisotopic (exact) mass is 374 g/mol. The molecule has 6 heteroatoms. The molecule has 136 valence electrons. The van der Waals surface area contributed by atoms with E-state index in [0.29, 0.717) is 24.2 Å². The van der Waals surface area contributed by atoms with Crippen molar-refractivity contribution in [3.63, 3.8) is 0 Å². The number of rotatable bonds is 5. The molecule has 1 aliphatic heterocycles. The third-order valence-electron chi connectivity index (χ3n) is 4.41. The highest BCUT2D eigenvalue weighted by molar-refractivity contribution is 6.31. The van der Waals surface area contributed by atoms with Crippen molar-refractivity contribution < 1.29 is 14.0 Å². The lowest BCUT2D eigenvalue weighted by molar-refractivity contribution is -0.121. The third kappa shape index (κ3) is 3.73. The second-order valence-corrected chi connectivity index (χ2v) is 7.26. The van der Waals surface area contributed by atoms with Crippen molar-refractivity contribution in [2.24, 2.45) is 5.92 Å². The highest BCUT2D eigenvalue weighted by atomic mass is 35.5. The van der Waals surface area contributed by atoms with E-state index in [0.717, 1.165) is 5.56 Å². The minimum Gasteiger partial charge on any atom is -0.324 e. The van der Waals surface area contributed by atoms with Crippen molar-refractivity contribution in [2.45, 2.75) is 32.9 Å². The van der Waals surface area contributed by atoms with Gasteiger partial charge in [0.25, 0.3) is 5.91 Å². The number of hydrogen-bond acceptors (Lipinski definition) is 2. The first kappa shape index (κ1) is 18.4. The van der Waals surface area contributed by atoms with Crippen molar-refractivity contribution in [3.05, 3.63) is 64.4 Å². The smallest absolute Gasteiger partial charge is 0.255 e. The molecule has 2 amide bonds. The van der Waals surface area contributed by atoms with E-state index in [-0.39, 0.29) is 22.8 Å². The maximum atomic E-state index is 13.3. The van der Waals surface area contributed by atoms with Gasteiger partial charge in [0.15, 0.2) is 0 Å². The molecular formula is C20H20ClFN2O2. The Hall–Kier alpha value is -2.40. The first-order valence-electron chi connectivity index (χ1n) is 8.51. The van der Waals surface area contributed by atoms with Crippen LogP contribution in [0.5, 0.6) is 0 Å². The normalized spacial score (nSPS) is 14.5. The molecule has 1 aliphatic rings. The molecule has 26 heavy (non-hydrogen) atoms. The number of anilines is 1. The predicted octanol–water partition coefficient (Wildman–Crippen LogP) is 4.49. The fourth-order valence-electron chi connectivity index (χ4n) is 3.15. The average molecular weight is 375 g/mol. The second-order valence-electron chi connectivity index (χ2n) is 6.85. The van der Waals surface area contributed by atoms with Gasteiger partial charge < -0.3 is 10.2 Å². The van der Waals surface area contributed by atoms with E-state index in [2.05, 4.69) is 5.32 Å². The van der Waals surface area contributed by atoms with E-state index in [4.69, 9.17) is 11.6 Å². The van der Waals surface area contributed by atoms with Crippen LogP contribution in [0.1, 0.15) is 36.2 Å². The van der Waals surface area contributed by atoms with Crippen LogP contribution in [0.2, 0.25) is 5.02 Å². The van der Waals surface area contributed by atoms with Gasteiger partial charge in [0.05, 0.1) is 5.02 Å².